The van der Waals surface area contributed by atoms with Crippen LogP contribution in [0.15, 0.2) is 103 Å². The van der Waals surface area contributed by atoms with Crippen LogP contribution in [0.4, 0.5) is 0 Å². The lowest BCUT2D eigenvalue weighted by Crippen LogP contribution is -2.28. The predicted octanol–water partition coefficient (Wildman–Crippen LogP) is 8.67. The van der Waals surface area contributed by atoms with E-state index in [9.17, 15) is 14.7 Å². The third-order valence-corrected chi connectivity index (χ3v) is 7.67. The largest absolute Gasteiger partial charge is 0.478 e. The number of carbonyl (C=O) groups excluding carboxylic acids is 1. The lowest BCUT2D eigenvalue weighted by Gasteiger charge is -2.18. The van der Waals surface area contributed by atoms with Crippen molar-refractivity contribution < 1.29 is 14.7 Å². The van der Waals surface area contributed by atoms with E-state index >= 15 is 0 Å². The molecule has 0 aromatic heterocycles. The van der Waals surface area contributed by atoms with Gasteiger partial charge in [-0.15, -0.1) is 0 Å². The first-order chi connectivity index (χ1) is 19.3. The molecule has 0 heterocycles. The van der Waals surface area contributed by atoms with Crippen LogP contribution < -0.4 is 5.32 Å². The first-order valence-corrected chi connectivity index (χ1v) is 13.8. The molecule has 0 fully saturated rings. The minimum absolute atomic E-state index is 0.0270. The number of rotatable bonds is 10. The molecule has 0 saturated heterocycles. The molecule has 0 aliphatic rings. The molecule has 40 heavy (non-hydrogen) atoms. The van der Waals surface area contributed by atoms with Crippen LogP contribution in [-0.2, 0) is 6.42 Å². The van der Waals surface area contributed by atoms with Gasteiger partial charge in [-0.05, 0) is 97.2 Å². The van der Waals surface area contributed by atoms with Crippen LogP contribution in [0, 0.1) is 6.92 Å². The Labute approximate surface area is 237 Å². The molecule has 4 heteroatoms. The van der Waals surface area contributed by atoms with Gasteiger partial charge in [0.2, 0.25) is 0 Å². The maximum absolute atomic E-state index is 13.2. The average molecular weight is 532 g/mol. The molecule has 4 aromatic carbocycles. The summed E-state index contributed by atoms with van der Waals surface area (Å²) in [5, 5.41) is 12.7. The fourth-order valence-electron chi connectivity index (χ4n) is 5.04. The molecule has 0 spiro atoms. The highest BCUT2D eigenvalue weighted by molar-refractivity contribution is 5.96. The molecule has 0 radical (unpaired) electrons. The molecule has 4 aromatic rings. The Morgan fingerprint density at radius 1 is 0.825 bits per heavy atom. The van der Waals surface area contributed by atoms with Gasteiger partial charge in [-0.25, -0.2) is 4.79 Å². The van der Waals surface area contributed by atoms with Crippen molar-refractivity contribution in [2.45, 2.75) is 53.0 Å². The number of carbonyl (C=O) groups is 2. The van der Waals surface area contributed by atoms with Gasteiger partial charge in [-0.3, -0.25) is 4.79 Å². The molecule has 0 aliphatic heterocycles. The quantitative estimate of drug-likeness (QED) is 0.215. The van der Waals surface area contributed by atoms with Crippen molar-refractivity contribution in [2.24, 2.45) is 0 Å². The second-order valence-electron chi connectivity index (χ2n) is 10.3. The molecule has 2 N–H and O–H groups in total. The lowest BCUT2D eigenvalue weighted by atomic mass is 9.92. The summed E-state index contributed by atoms with van der Waals surface area (Å²) in [6.45, 7) is 8.45. The molecule has 1 atom stereocenters. The third kappa shape index (κ3) is 6.76. The monoisotopic (exact) mass is 531 g/mol. The van der Waals surface area contributed by atoms with E-state index < -0.39 is 5.97 Å². The Balaban J connectivity index is 1.47. The van der Waals surface area contributed by atoms with E-state index in [0.29, 0.717) is 11.1 Å². The normalized spacial score (nSPS) is 12.4. The fourth-order valence-corrected chi connectivity index (χ4v) is 5.04. The Morgan fingerprint density at radius 2 is 1.50 bits per heavy atom. The van der Waals surface area contributed by atoms with Crippen molar-refractivity contribution in [2.75, 3.05) is 0 Å². The molecule has 0 bridgehead atoms. The average Bonchev–Trinajstić information content (AvgIpc) is 2.99. The standard InChI is InChI=1S/C36H37NO3/c1-5-34(29-11-7-6-8-12-29)37-35(38)30-20-16-25(3)33(23-30)26(4)24(2)15-17-27-18-21-28(22-19-27)31-13-9-10-14-32(31)36(39)40/h6-14,16,18-23,34H,5,15,17H2,1-4H3,(H,37,38)(H,39,40)/b26-24-/t34-/m0/s1. The minimum Gasteiger partial charge on any atom is -0.478 e. The van der Waals surface area contributed by atoms with Crippen LogP contribution in [0.1, 0.15) is 82.6 Å². The zero-order valence-electron chi connectivity index (χ0n) is 23.7. The summed E-state index contributed by atoms with van der Waals surface area (Å²) >= 11 is 0. The van der Waals surface area contributed by atoms with Crippen LogP contribution in [0.2, 0.25) is 0 Å². The van der Waals surface area contributed by atoms with E-state index in [1.807, 2.05) is 72.8 Å². The fraction of sp³-hybridized carbons (Fsp3) is 0.222. The molecule has 0 unspecified atom stereocenters. The highest BCUT2D eigenvalue weighted by Gasteiger charge is 2.16. The summed E-state index contributed by atoms with van der Waals surface area (Å²) < 4.78 is 0. The van der Waals surface area contributed by atoms with Gasteiger partial charge >= 0.3 is 5.97 Å². The zero-order valence-corrected chi connectivity index (χ0v) is 23.7. The van der Waals surface area contributed by atoms with Crippen molar-refractivity contribution in [3.63, 3.8) is 0 Å². The van der Waals surface area contributed by atoms with Crippen molar-refractivity contribution in [3.05, 3.63) is 136 Å². The van der Waals surface area contributed by atoms with E-state index in [2.05, 4.69) is 45.1 Å². The number of aromatic carboxylic acids is 1. The number of nitrogens with one attached hydrogen (secondary N) is 1. The molecule has 1 amide bonds. The Hall–Kier alpha value is -4.44. The van der Waals surface area contributed by atoms with Crippen LogP contribution >= 0.6 is 0 Å². The zero-order chi connectivity index (χ0) is 28.6. The van der Waals surface area contributed by atoms with E-state index in [-0.39, 0.29) is 11.9 Å². The van der Waals surface area contributed by atoms with Crippen LogP contribution in [0.3, 0.4) is 0 Å². The van der Waals surface area contributed by atoms with Crippen molar-refractivity contribution in [1.29, 1.82) is 0 Å². The van der Waals surface area contributed by atoms with E-state index in [1.54, 1.807) is 12.1 Å². The maximum atomic E-state index is 13.2. The second kappa shape index (κ2) is 13.1. The highest BCUT2D eigenvalue weighted by Crippen LogP contribution is 2.28. The first kappa shape index (κ1) is 28.6. The second-order valence-corrected chi connectivity index (χ2v) is 10.3. The summed E-state index contributed by atoms with van der Waals surface area (Å²) in [6, 6.07) is 31.2. The Morgan fingerprint density at radius 3 is 2.17 bits per heavy atom. The van der Waals surface area contributed by atoms with E-state index in [0.717, 1.165) is 47.1 Å². The number of allylic oxidation sites excluding steroid dienone is 2. The van der Waals surface area contributed by atoms with Crippen molar-refractivity contribution in [1.82, 2.24) is 5.32 Å². The van der Waals surface area contributed by atoms with Gasteiger partial charge in [0.15, 0.2) is 0 Å². The van der Waals surface area contributed by atoms with Crippen molar-refractivity contribution >= 4 is 17.4 Å². The maximum Gasteiger partial charge on any atom is 0.336 e. The smallest absolute Gasteiger partial charge is 0.336 e. The van der Waals surface area contributed by atoms with Crippen LogP contribution in [0.25, 0.3) is 16.7 Å². The van der Waals surface area contributed by atoms with Gasteiger partial charge in [-0.2, -0.15) is 0 Å². The summed E-state index contributed by atoms with van der Waals surface area (Å²) in [6.07, 6.45) is 2.58. The molecular weight excluding hydrogens is 494 g/mol. The molecule has 4 rings (SSSR count). The third-order valence-electron chi connectivity index (χ3n) is 7.67. The number of carboxylic acid groups (broad SMARTS) is 1. The summed E-state index contributed by atoms with van der Waals surface area (Å²) in [4.78, 5) is 24.8. The minimum atomic E-state index is -0.922. The topological polar surface area (TPSA) is 66.4 Å². The van der Waals surface area contributed by atoms with Gasteiger partial charge in [-0.1, -0.05) is 91.4 Å². The predicted molar refractivity (Wildman–Crippen MR) is 164 cm³/mol. The lowest BCUT2D eigenvalue weighted by molar-refractivity contribution is 0.0697. The van der Waals surface area contributed by atoms with Crippen LogP contribution in [0.5, 0.6) is 0 Å². The SMILES string of the molecule is CC[C@H](NC(=O)c1ccc(C)c(/C(C)=C(/C)CCc2ccc(-c3ccccc3C(=O)O)cc2)c1)c1ccccc1. The summed E-state index contributed by atoms with van der Waals surface area (Å²) in [5.41, 5.74) is 9.60. The number of benzene rings is 4. The number of amides is 1. The molecular formula is C36H37NO3. The van der Waals surface area contributed by atoms with Gasteiger partial charge in [0, 0.05) is 5.56 Å². The summed E-state index contributed by atoms with van der Waals surface area (Å²) in [5.74, 6) is -0.985. The van der Waals surface area contributed by atoms with Crippen molar-refractivity contribution in [3.8, 4) is 11.1 Å². The Kier molecular flexibility index (Phi) is 9.34. The van der Waals surface area contributed by atoms with Gasteiger partial charge in [0.25, 0.3) is 5.91 Å². The first-order valence-electron chi connectivity index (χ1n) is 13.8. The van der Waals surface area contributed by atoms with Gasteiger partial charge < -0.3 is 10.4 Å². The Bertz CT molecular complexity index is 1520. The van der Waals surface area contributed by atoms with Gasteiger partial charge in [0.1, 0.15) is 0 Å². The molecule has 0 aliphatic carbocycles. The van der Waals surface area contributed by atoms with Crippen LogP contribution in [-0.4, -0.2) is 17.0 Å². The summed E-state index contributed by atoms with van der Waals surface area (Å²) in [7, 11) is 0. The number of carboxylic acids is 1. The highest BCUT2D eigenvalue weighted by atomic mass is 16.4. The molecule has 204 valence electrons. The number of hydrogen-bond acceptors (Lipinski definition) is 2. The van der Waals surface area contributed by atoms with Gasteiger partial charge in [0.05, 0.1) is 11.6 Å². The number of aryl methyl sites for hydroxylation is 2. The number of hydrogen-bond donors (Lipinski definition) is 2. The molecule has 0 saturated carbocycles. The molecule has 4 nitrogen and oxygen atoms in total. The van der Waals surface area contributed by atoms with E-state index in [4.69, 9.17) is 0 Å². The van der Waals surface area contributed by atoms with E-state index in [1.165, 1.54) is 16.7 Å².